The summed E-state index contributed by atoms with van der Waals surface area (Å²) in [5.41, 5.74) is 0.978. The number of aryl methyl sites for hydroxylation is 1. The molecule has 1 heterocycles. The van der Waals surface area contributed by atoms with Crippen LogP contribution in [-0.4, -0.2) is 65.1 Å². The van der Waals surface area contributed by atoms with Crippen LogP contribution in [0.3, 0.4) is 0 Å². The maximum absolute atomic E-state index is 12.1. The number of ether oxygens (including phenoxy) is 1. The smallest absolute Gasteiger partial charge is 0.332 e. The van der Waals surface area contributed by atoms with Crippen LogP contribution in [0.25, 0.3) is 0 Å². The Kier molecular flexibility index (Phi) is 6.96. The highest BCUT2D eigenvalue weighted by Gasteiger charge is 2.34. The highest BCUT2D eigenvalue weighted by molar-refractivity contribution is 5.94. The molecule has 0 saturated carbocycles. The lowest BCUT2D eigenvalue weighted by molar-refractivity contribution is -0.163. The summed E-state index contributed by atoms with van der Waals surface area (Å²) in [6.07, 6.45) is -0.909. The first kappa shape index (κ1) is 20.2. The molecule has 1 aromatic carbocycles. The number of phenolic OH excluding ortho intramolecular Hbond substituents is 1. The fourth-order valence-electron chi connectivity index (χ4n) is 3.08. The van der Waals surface area contributed by atoms with E-state index in [0.29, 0.717) is 24.0 Å². The Labute approximate surface area is 152 Å². The molecular weight excluding hydrogens is 340 g/mol. The second kappa shape index (κ2) is 8.98. The molecule has 1 fully saturated rings. The van der Waals surface area contributed by atoms with Gasteiger partial charge in [0.2, 0.25) is 0 Å². The van der Waals surface area contributed by atoms with Gasteiger partial charge in [0.15, 0.2) is 6.10 Å². The van der Waals surface area contributed by atoms with Gasteiger partial charge in [-0.05, 0) is 50.6 Å². The molecular formula is C18H26N2O6. The number of aliphatic hydroxyl groups is 1. The molecule has 0 radical (unpaired) electrons. The number of aromatic hydroxyl groups is 1. The summed E-state index contributed by atoms with van der Waals surface area (Å²) in [6.45, 7) is 1.71. The van der Waals surface area contributed by atoms with Crippen molar-refractivity contribution in [3.8, 4) is 5.75 Å². The number of carboxylic acid groups (broad SMARTS) is 1. The Morgan fingerprint density at radius 2 is 2.08 bits per heavy atom. The molecule has 5 N–H and O–H groups in total. The van der Waals surface area contributed by atoms with Gasteiger partial charge in [0.05, 0.1) is 12.2 Å². The summed E-state index contributed by atoms with van der Waals surface area (Å²) >= 11 is 0. The molecule has 2 rings (SSSR count). The van der Waals surface area contributed by atoms with Crippen LogP contribution >= 0.6 is 0 Å². The molecule has 4 atom stereocenters. The molecule has 0 aromatic heterocycles. The minimum absolute atomic E-state index is 0.0206. The topological polar surface area (TPSA) is 128 Å². The number of carboxylic acids is 1. The summed E-state index contributed by atoms with van der Waals surface area (Å²) < 4.78 is 5.58. The Balaban J connectivity index is 1.88. The average molecular weight is 366 g/mol. The van der Waals surface area contributed by atoms with Crippen molar-refractivity contribution in [2.75, 3.05) is 13.6 Å². The molecule has 144 valence electrons. The zero-order valence-corrected chi connectivity index (χ0v) is 14.9. The number of rotatable bonds is 7. The van der Waals surface area contributed by atoms with Crippen LogP contribution in [0.4, 0.5) is 0 Å². The lowest BCUT2D eigenvalue weighted by Crippen LogP contribution is -2.50. The van der Waals surface area contributed by atoms with Crippen LogP contribution in [0.2, 0.25) is 0 Å². The zero-order chi connectivity index (χ0) is 19.3. The number of carbonyl (C=O) groups is 2. The number of hydrogen-bond donors (Lipinski definition) is 5. The van der Waals surface area contributed by atoms with E-state index in [9.17, 15) is 19.8 Å². The van der Waals surface area contributed by atoms with Crippen molar-refractivity contribution in [1.82, 2.24) is 10.6 Å². The Morgan fingerprint density at radius 3 is 2.69 bits per heavy atom. The third-order valence-corrected chi connectivity index (χ3v) is 4.64. The molecule has 1 amide bonds. The summed E-state index contributed by atoms with van der Waals surface area (Å²) in [5, 5.41) is 34.6. The maximum atomic E-state index is 12.1. The molecule has 4 unspecified atom stereocenters. The summed E-state index contributed by atoms with van der Waals surface area (Å²) in [7, 11) is 1.77. The molecule has 0 spiro atoms. The Bertz CT molecular complexity index is 651. The third kappa shape index (κ3) is 5.17. The first-order valence-corrected chi connectivity index (χ1v) is 8.63. The van der Waals surface area contributed by atoms with Crippen LogP contribution in [0.5, 0.6) is 5.75 Å². The number of amides is 1. The van der Waals surface area contributed by atoms with Crippen LogP contribution < -0.4 is 10.6 Å². The number of aliphatic carboxylic acids is 1. The normalized spacial score (nSPS) is 24.0. The Hall–Kier alpha value is -2.16. The van der Waals surface area contributed by atoms with Crippen LogP contribution in [0.15, 0.2) is 18.2 Å². The second-order valence-corrected chi connectivity index (χ2v) is 6.57. The van der Waals surface area contributed by atoms with E-state index in [2.05, 4.69) is 10.6 Å². The van der Waals surface area contributed by atoms with E-state index in [1.54, 1.807) is 20.0 Å². The van der Waals surface area contributed by atoms with E-state index in [0.717, 1.165) is 0 Å². The molecule has 26 heavy (non-hydrogen) atoms. The van der Waals surface area contributed by atoms with Gasteiger partial charge in [-0.25, -0.2) is 4.79 Å². The second-order valence-electron chi connectivity index (χ2n) is 6.57. The third-order valence-electron chi connectivity index (χ3n) is 4.64. The number of benzene rings is 1. The van der Waals surface area contributed by atoms with Crippen molar-refractivity contribution in [1.29, 1.82) is 0 Å². The van der Waals surface area contributed by atoms with Gasteiger partial charge < -0.3 is 30.7 Å². The highest BCUT2D eigenvalue weighted by Crippen LogP contribution is 2.23. The van der Waals surface area contributed by atoms with E-state index in [1.165, 1.54) is 12.1 Å². The van der Waals surface area contributed by atoms with Crippen LogP contribution in [0.1, 0.15) is 35.2 Å². The molecule has 8 heteroatoms. The van der Waals surface area contributed by atoms with E-state index in [1.807, 2.05) is 0 Å². The fourth-order valence-corrected chi connectivity index (χ4v) is 3.08. The quantitative estimate of drug-likeness (QED) is 0.472. The highest BCUT2D eigenvalue weighted by atomic mass is 16.5. The van der Waals surface area contributed by atoms with Crippen LogP contribution in [0, 0.1) is 6.92 Å². The summed E-state index contributed by atoms with van der Waals surface area (Å²) in [5.74, 6) is -1.25. The first-order valence-electron chi connectivity index (χ1n) is 8.63. The van der Waals surface area contributed by atoms with Crippen molar-refractivity contribution in [2.45, 2.75) is 50.5 Å². The van der Waals surface area contributed by atoms with Gasteiger partial charge in [-0.15, -0.1) is 0 Å². The fraction of sp³-hybridized carbons (Fsp3) is 0.556. The SMILES string of the molecule is CNC1CCC(C(=O)O)OC1CC(O)CNC(=O)c1ccc(O)c(C)c1. The van der Waals surface area contributed by atoms with E-state index in [4.69, 9.17) is 9.84 Å². The van der Waals surface area contributed by atoms with Gasteiger partial charge in [-0.2, -0.15) is 0 Å². The summed E-state index contributed by atoms with van der Waals surface area (Å²) in [6, 6.07) is 4.47. The number of carbonyl (C=O) groups excluding carboxylic acids is 1. The lowest BCUT2D eigenvalue weighted by Gasteiger charge is -2.35. The molecule has 0 aliphatic carbocycles. The standard InChI is InChI=1S/C18H26N2O6/c1-10-7-11(3-5-14(10)22)17(23)20-9-12(21)8-16-13(19-2)4-6-15(26-16)18(24)25/h3,5,7,12-13,15-16,19,21-22H,4,6,8-9H2,1-2H3,(H,20,23)(H,24,25). The number of likely N-dealkylation sites (N-methyl/N-ethyl adjacent to an activating group) is 1. The van der Waals surface area contributed by atoms with E-state index >= 15 is 0 Å². The summed E-state index contributed by atoms with van der Waals surface area (Å²) in [4.78, 5) is 23.3. The predicted molar refractivity (Wildman–Crippen MR) is 94.2 cm³/mol. The van der Waals surface area contributed by atoms with Gasteiger partial charge in [-0.3, -0.25) is 4.79 Å². The number of aliphatic hydroxyl groups excluding tert-OH is 1. The number of nitrogens with one attached hydrogen (secondary N) is 2. The average Bonchev–Trinajstić information content (AvgIpc) is 2.61. The molecule has 8 nitrogen and oxygen atoms in total. The minimum atomic E-state index is -1.00. The van der Waals surface area contributed by atoms with Crippen molar-refractivity contribution < 1.29 is 29.6 Å². The maximum Gasteiger partial charge on any atom is 0.332 e. The van der Waals surface area contributed by atoms with Gasteiger partial charge in [-0.1, -0.05) is 0 Å². The van der Waals surface area contributed by atoms with Gasteiger partial charge in [0.25, 0.3) is 5.91 Å². The largest absolute Gasteiger partial charge is 0.508 e. The van der Waals surface area contributed by atoms with Gasteiger partial charge in [0, 0.05) is 24.6 Å². The first-order chi connectivity index (χ1) is 12.3. The molecule has 1 aliphatic heterocycles. The minimum Gasteiger partial charge on any atom is -0.508 e. The zero-order valence-electron chi connectivity index (χ0n) is 14.9. The molecule has 1 aromatic rings. The molecule has 0 bridgehead atoms. The predicted octanol–water partition coefficient (Wildman–Crippen LogP) is 0.402. The van der Waals surface area contributed by atoms with Crippen molar-refractivity contribution in [3.05, 3.63) is 29.3 Å². The van der Waals surface area contributed by atoms with E-state index in [-0.39, 0.29) is 30.7 Å². The van der Waals surface area contributed by atoms with Crippen molar-refractivity contribution >= 4 is 11.9 Å². The van der Waals surface area contributed by atoms with Gasteiger partial charge in [0.1, 0.15) is 5.75 Å². The van der Waals surface area contributed by atoms with Gasteiger partial charge >= 0.3 is 5.97 Å². The Morgan fingerprint density at radius 1 is 1.35 bits per heavy atom. The van der Waals surface area contributed by atoms with Crippen molar-refractivity contribution in [2.24, 2.45) is 0 Å². The lowest BCUT2D eigenvalue weighted by atomic mass is 9.94. The monoisotopic (exact) mass is 366 g/mol. The van der Waals surface area contributed by atoms with E-state index < -0.39 is 24.3 Å². The van der Waals surface area contributed by atoms with Crippen molar-refractivity contribution in [3.63, 3.8) is 0 Å². The molecule has 1 aliphatic rings. The number of hydrogen-bond acceptors (Lipinski definition) is 6. The molecule has 1 saturated heterocycles. The number of phenols is 1. The van der Waals surface area contributed by atoms with Crippen LogP contribution in [-0.2, 0) is 9.53 Å².